The van der Waals surface area contributed by atoms with Gasteiger partial charge in [-0.2, -0.15) is 0 Å². The number of sulfonamides is 1. The Balaban J connectivity index is 1.49. The molecule has 0 bridgehead atoms. The Labute approximate surface area is 153 Å². The fraction of sp³-hybridized carbons (Fsp3) is 0.688. The van der Waals surface area contributed by atoms with Gasteiger partial charge in [0.15, 0.2) is 0 Å². The highest BCUT2D eigenvalue weighted by Gasteiger charge is 2.35. The van der Waals surface area contributed by atoms with E-state index in [1.807, 2.05) is 4.90 Å². The zero-order valence-electron chi connectivity index (χ0n) is 15.0. The van der Waals surface area contributed by atoms with E-state index in [1.165, 1.54) is 17.7 Å². The molecule has 1 unspecified atom stereocenters. The van der Waals surface area contributed by atoms with E-state index in [2.05, 4.69) is 10.2 Å². The van der Waals surface area contributed by atoms with Crippen molar-refractivity contribution in [2.45, 2.75) is 25.4 Å². The maximum Gasteiger partial charge on any atom is 0.233 e. The van der Waals surface area contributed by atoms with Crippen LogP contribution in [0.4, 0.5) is 0 Å². The third-order valence-corrected chi connectivity index (χ3v) is 6.14. The van der Waals surface area contributed by atoms with Gasteiger partial charge in [-0.05, 0) is 12.8 Å². The zero-order valence-corrected chi connectivity index (χ0v) is 15.8. The number of carbonyl (C=O) groups excluding carboxylic acids is 1. The molecule has 144 valence electrons. The lowest BCUT2D eigenvalue weighted by atomic mass is 9.97. The second-order valence-corrected chi connectivity index (χ2v) is 8.65. The Morgan fingerprint density at radius 1 is 1.12 bits per heavy atom. The van der Waals surface area contributed by atoms with Gasteiger partial charge < -0.3 is 14.4 Å². The summed E-state index contributed by atoms with van der Waals surface area (Å²) in [4.78, 5) is 14.5. The molecule has 0 aromatic carbocycles. The van der Waals surface area contributed by atoms with Crippen LogP contribution in [0, 0.1) is 5.92 Å². The number of hydrogen-bond donors (Lipinski definition) is 0. The highest BCUT2D eigenvalue weighted by Crippen LogP contribution is 2.24. The number of hydrogen-bond acceptors (Lipinski definition) is 7. The highest BCUT2D eigenvalue weighted by atomic mass is 32.2. The number of amides is 1. The fourth-order valence-corrected chi connectivity index (χ4v) is 4.24. The molecule has 9 nitrogen and oxygen atoms in total. The van der Waals surface area contributed by atoms with Crippen LogP contribution in [0.15, 0.2) is 12.1 Å². The number of likely N-dealkylation sites (tertiary alicyclic amines) is 1. The minimum absolute atomic E-state index is 0.0880. The second-order valence-electron chi connectivity index (χ2n) is 6.66. The molecule has 0 spiro atoms. The molecule has 2 aliphatic heterocycles. The smallest absolute Gasteiger partial charge is 0.233 e. The van der Waals surface area contributed by atoms with E-state index < -0.39 is 10.0 Å². The van der Waals surface area contributed by atoms with Crippen LogP contribution < -0.4 is 9.47 Å². The summed E-state index contributed by atoms with van der Waals surface area (Å²) in [5.74, 6) is 0.796. The number of methoxy groups -OCH3 is 1. The van der Waals surface area contributed by atoms with Gasteiger partial charge in [-0.3, -0.25) is 4.79 Å². The van der Waals surface area contributed by atoms with Crippen LogP contribution in [0.2, 0.25) is 0 Å². The minimum atomic E-state index is -3.18. The largest absolute Gasteiger partial charge is 0.480 e. The third-order valence-electron chi connectivity index (χ3n) is 4.84. The van der Waals surface area contributed by atoms with Crippen LogP contribution in [-0.2, 0) is 14.8 Å². The van der Waals surface area contributed by atoms with Crippen molar-refractivity contribution < 1.29 is 22.7 Å². The Hall–Kier alpha value is -1.94. The first-order valence-corrected chi connectivity index (χ1v) is 10.5. The molecule has 26 heavy (non-hydrogen) atoms. The van der Waals surface area contributed by atoms with Gasteiger partial charge in [0.05, 0.1) is 19.9 Å². The number of rotatable bonds is 5. The van der Waals surface area contributed by atoms with Crippen LogP contribution in [0.25, 0.3) is 0 Å². The highest BCUT2D eigenvalue weighted by molar-refractivity contribution is 7.88. The molecule has 0 saturated carbocycles. The van der Waals surface area contributed by atoms with Gasteiger partial charge in [0.1, 0.15) is 6.10 Å². The monoisotopic (exact) mass is 384 g/mol. The molecule has 1 aromatic rings. The van der Waals surface area contributed by atoms with Crippen molar-refractivity contribution in [1.82, 2.24) is 19.4 Å². The summed E-state index contributed by atoms with van der Waals surface area (Å²) in [6, 6.07) is 3.37. The van der Waals surface area contributed by atoms with Crippen molar-refractivity contribution in [3.63, 3.8) is 0 Å². The van der Waals surface area contributed by atoms with Crippen molar-refractivity contribution in [1.29, 1.82) is 0 Å². The summed E-state index contributed by atoms with van der Waals surface area (Å²) in [6.07, 6.45) is 2.97. The average Bonchev–Trinajstić information content (AvgIpc) is 3.09. The molecule has 2 fully saturated rings. The molecular formula is C16H24N4O5S. The maximum atomic E-state index is 12.7. The molecule has 2 saturated heterocycles. The zero-order chi connectivity index (χ0) is 18.7. The first-order valence-electron chi connectivity index (χ1n) is 8.65. The topological polar surface area (TPSA) is 102 Å². The summed E-state index contributed by atoms with van der Waals surface area (Å²) < 4.78 is 35.3. The van der Waals surface area contributed by atoms with Gasteiger partial charge in [0.2, 0.25) is 27.7 Å². The number of carbonyl (C=O) groups is 1. The van der Waals surface area contributed by atoms with E-state index in [4.69, 9.17) is 9.47 Å². The van der Waals surface area contributed by atoms with E-state index in [-0.39, 0.29) is 17.9 Å². The van der Waals surface area contributed by atoms with Gasteiger partial charge in [-0.1, -0.05) is 0 Å². The predicted molar refractivity (Wildman–Crippen MR) is 93.3 cm³/mol. The standard InChI is InChI=1S/C16H24N4O5S/c1-24-14-3-4-15(18-17-14)25-13-7-8-19(11-13)16(21)12-5-9-20(10-6-12)26(2,22)23/h3-4,12-13H,5-11H2,1-2H3. The van der Waals surface area contributed by atoms with Crippen molar-refractivity contribution in [3.05, 3.63) is 12.1 Å². The third kappa shape index (κ3) is 4.42. The van der Waals surface area contributed by atoms with E-state index in [0.717, 1.165) is 6.42 Å². The molecule has 2 aliphatic rings. The lowest BCUT2D eigenvalue weighted by molar-refractivity contribution is -0.135. The molecule has 3 rings (SSSR count). The number of aromatic nitrogens is 2. The van der Waals surface area contributed by atoms with E-state index >= 15 is 0 Å². The summed E-state index contributed by atoms with van der Waals surface area (Å²) >= 11 is 0. The van der Waals surface area contributed by atoms with Crippen molar-refractivity contribution in [2.75, 3.05) is 39.5 Å². The van der Waals surface area contributed by atoms with Crippen molar-refractivity contribution >= 4 is 15.9 Å². The lowest BCUT2D eigenvalue weighted by Crippen LogP contribution is -2.43. The van der Waals surface area contributed by atoms with Crippen molar-refractivity contribution in [2.24, 2.45) is 5.92 Å². The lowest BCUT2D eigenvalue weighted by Gasteiger charge is -2.31. The van der Waals surface area contributed by atoms with Crippen LogP contribution >= 0.6 is 0 Å². The Kier molecular flexibility index (Phi) is 5.61. The summed E-state index contributed by atoms with van der Waals surface area (Å²) in [5.41, 5.74) is 0. The normalized spacial score (nSPS) is 22.4. The molecule has 10 heteroatoms. The van der Waals surface area contributed by atoms with Crippen LogP contribution in [0.5, 0.6) is 11.8 Å². The van der Waals surface area contributed by atoms with Gasteiger partial charge in [0.25, 0.3) is 0 Å². The number of nitrogens with zero attached hydrogens (tertiary/aromatic N) is 4. The fourth-order valence-electron chi connectivity index (χ4n) is 3.37. The summed E-state index contributed by atoms with van der Waals surface area (Å²) in [6.45, 7) is 1.97. The van der Waals surface area contributed by atoms with Gasteiger partial charge in [-0.25, -0.2) is 12.7 Å². The van der Waals surface area contributed by atoms with Gasteiger partial charge >= 0.3 is 0 Å². The van der Waals surface area contributed by atoms with Crippen LogP contribution in [0.3, 0.4) is 0 Å². The first-order chi connectivity index (χ1) is 12.4. The average molecular weight is 384 g/mol. The van der Waals surface area contributed by atoms with E-state index in [0.29, 0.717) is 50.8 Å². The summed E-state index contributed by atoms with van der Waals surface area (Å²) in [7, 11) is -1.66. The Morgan fingerprint density at radius 2 is 1.77 bits per heavy atom. The Bertz CT molecular complexity index is 732. The molecular weight excluding hydrogens is 360 g/mol. The molecule has 0 N–H and O–H groups in total. The molecule has 3 heterocycles. The SMILES string of the molecule is COc1ccc(OC2CCN(C(=O)C3CCN(S(C)(=O)=O)CC3)C2)nn1. The number of piperidine rings is 1. The molecule has 0 aliphatic carbocycles. The van der Waals surface area contributed by atoms with Crippen molar-refractivity contribution in [3.8, 4) is 11.8 Å². The Morgan fingerprint density at radius 3 is 2.35 bits per heavy atom. The molecule has 1 atom stereocenters. The number of ether oxygens (including phenoxy) is 2. The van der Waals surface area contributed by atoms with E-state index in [1.54, 1.807) is 12.1 Å². The van der Waals surface area contributed by atoms with Gasteiger partial charge in [0, 0.05) is 44.1 Å². The molecule has 1 aromatic heterocycles. The van der Waals surface area contributed by atoms with E-state index in [9.17, 15) is 13.2 Å². The second kappa shape index (κ2) is 7.75. The van der Waals surface area contributed by atoms with Crippen LogP contribution in [0.1, 0.15) is 19.3 Å². The maximum absolute atomic E-state index is 12.7. The minimum Gasteiger partial charge on any atom is -0.480 e. The predicted octanol–water partition coefficient (Wildman–Crippen LogP) is 0.137. The summed E-state index contributed by atoms with van der Waals surface area (Å²) in [5, 5.41) is 7.80. The quantitative estimate of drug-likeness (QED) is 0.711. The first kappa shape index (κ1) is 18.8. The van der Waals surface area contributed by atoms with Crippen LogP contribution in [-0.4, -0.2) is 79.4 Å². The molecule has 1 amide bonds. The molecule has 0 radical (unpaired) electrons. The van der Waals surface area contributed by atoms with Gasteiger partial charge in [-0.15, -0.1) is 10.2 Å².